The number of phosphoric acid groups is 1. The summed E-state index contributed by atoms with van der Waals surface area (Å²) in [6.45, 7) is 5.51. The Labute approximate surface area is 147 Å². The Hall–Kier alpha value is -1.08. The van der Waals surface area contributed by atoms with Crippen molar-refractivity contribution >= 4 is 13.8 Å². The zero-order valence-electron chi connectivity index (χ0n) is 14.8. The zero-order chi connectivity index (χ0) is 20.7. The highest BCUT2D eigenvalue weighted by Crippen LogP contribution is 2.38. The Morgan fingerprint density at radius 1 is 0.920 bits per heavy atom. The van der Waals surface area contributed by atoms with Gasteiger partial charge in [-0.1, -0.05) is 0 Å². The van der Waals surface area contributed by atoms with E-state index in [0.717, 1.165) is 0 Å². The number of hydrogen-bond acceptors (Lipinski definition) is 9. The lowest BCUT2D eigenvalue weighted by Gasteiger charge is -2.03. The SMILES string of the molecule is C=C(OP(=O)(O)O)C(=O)O.CNCCO.CNCCO.CNCCO. The predicted molar refractivity (Wildman–Crippen MR) is 92.9 cm³/mol. The van der Waals surface area contributed by atoms with Crippen molar-refractivity contribution in [2.75, 3.05) is 60.6 Å². The maximum Gasteiger partial charge on any atom is 0.525 e. The number of hydrogen-bond donors (Lipinski definition) is 9. The first-order valence-electron chi connectivity index (χ1n) is 7.01. The topological polar surface area (TPSA) is 201 Å². The minimum absolute atomic E-state index is 0.233. The molecule has 13 heteroatoms. The molecular formula is C12H32N3O9P. The summed E-state index contributed by atoms with van der Waals surface area (Å²) in [6, 6.07) is 0. The molecule has 0 unspecified atom stereocenters. The molecule has 0 fully saturated rings. The summed E-state index contributed by atoms with van der Waals surface area (Å²) < 4.78 is 13.5. The number of aliphatic carboxylic acids is 1. The molecule has 0 spiro atoms. The van der Waals surface area contributed by atoms with Gasteiger partial charge in [0.05, 0.1) is 19.8 Å². The summed E-state index contributed by atoms with van der Waals surface area (Å²) in [4.78, 5) is 25.8. The number of phosphoric ester groups is 1. The van der Waals surface area contributed by atoms with Gasteiger partial charge in [0, 0.05) is 19.6 Å². The first-order valence-corrected chi connectivity index (χ1v) is 8.54. The number of carboxylic acids is 1. The minimum Gasteiger partial charge on any atom is -0.475 e. The number of nitrogens with one attached hydrogen (secondary N) is 3. The van der Waals surface area contributed by atoms with Crippen LogP contribution in [0.25, 0.3) is 0 Å². The van der Waals surface area contributed by atoms with Crippen molar-refractivity contribution in [1.82, 2.24) is 16.0 Å². The van der Waals surface area contributed by atoms with Crippen molar-refractivity contribution in [3.8, 4) is 0 Å². The summed E-state index contributed by atoms with van der Waals surface area (Å²) in [5.74, 6) is -2.59. The van der Waals surface area contributed by atoms with Crippen LogP contribution in [0.5, 0.6) is 0 Å². The fraction of sp³-hybridized carbons (Fsp3) is 0.750. The van der Waals surface area contributed by atoms with Crippen LogP contribution < -0.4 is 16.0 Å². The van der Waals surface area contributed by atoms with E-state index in [9.17, 15) is 9.36 Å². The number of aliphatic hydroxyl groups is 3. The third-order valence-corrected chi connectivity index (χ3v) is 2.01. The summed E-state index contributed by atoms with van der Waals surface area (Å²) in [7, 11) is 0.649. The molecule has 0 aromatic carbocycles. The monoisotopic (exact) mass is 393 g/mol. The van der Waals surface area contributed by atoms with Gasteiger partial charge in [-0.05, 0) is 27.7 Å². The van der Waals surface area contributed by atoms with Crippen molar-refractivity contribution < 1.29 is 44.1 Å². The minimum atomic E-state index is -4.76. The van der Waals surface area contributed by atoms with Gasteiger partial charge in [-0.2, -0.15) is 0 Å². The van der Waals surface area contributed by atoms with Crippen molar-refractivity contribution in [3.63, 3.8) is 0 Å². The second kappa shape index (κ2) is 25.2. The molecule has 0 aliphatic heterocycles. The summed E-state index contributed by atoms with van der Waals surface area (Å²) in [6.07, 6.45) is 0. The molecule has 0 aromatic heterocycles. The number of aliphatic hydroxyl groups excluding tert-OH is 3. The molecule has 0 radical (unpaired) electrons. The van der Waals surface area contributed by atoms with Gasteiger partial charge < -0.3 is 40.9 Å². The highest BCUT2D eigenvalue weighted by Gasteiger charge is 2.19. The van der Waals surface area contributed by atoms with E-state index in [1.807, 2.05) is 0 Å². The normalized spacial score (nSPS) is 9.28. The second-order valence-corrected chi connectivity index (χ2v) is 4.96. The molecule has 0 atom stereocenters. The average molecular weight is 393 g/mol. The van der Waals surface area contributed by atoms with Gasteiger partial charge in [0.2, 0.25) is 5.76 Å². The van der Waals surface area contributed by atoms with Crippen LogP contribution in [0.15, 0.2) is 12.3 Å². The van der Waals surface area contributed by atoms with Crippen molar-refractivity contribution in [2.45, 2.75) is 0 Å². The molecule has 0 bridgehead atoms. The number of carboxylic acid groups (broad SMARTS) is 1. The van der Waals surface area contributed by atoms with E-state index >= 15 is 0 Å². The molecule has 154 valence electrons. The number of carbonyl (C=O) groups is 1. The maximum absolute atomic E-state index is 9.89. The molecule has 0 saturated heterocycles. The van der Waals surface area contributed by atoms with Crippen molar-refractivity contribution in [2.24, 2.45) is 0 Å². The Morgan fingerprint density at radius 3 is 1.24 bits per heavy atom. The average Bonchev–Trinajstić information content (AvgIpc) is 2.50. The van der Waals surface area contributed by atoms with E-state index in [4.69, 9.17) is 30.2 Å². The van der Waals surface area contributed by atoms with Crippen LogP contribution in [0.3, 0.4) is 0 Å². The Balaban J connectivity index is -0.000000126. The molecule has 0 aliphatic rings. The number of rotatable bonds is 9. The molecule has 0 rings (SSSR count). The van der Waals surface area contributed by atoms with Crippen LogP contribution in [-0.2, 0) is 13.9 Å². The van der Waals surface area contributed by atoms with Crippen molar-refractivity contribution in [3.05, 3.63) is 12.3 Å². The predicted octanol–water partition coefficient (Wildman–Crippen LogP) is -2.71. The third kappa shape index (κ3) is 51.8. The molecule has 0 aliphatic carbocycles. The lowest BCUT2D eigenvalue weighted by molar-refractivity contribution is -0.135. The van der Waals surface area contributed by atoms with Gasteiger partial charge in [-0.3, -0.25) is 9.79 Å². The van der Waals surface area contributed by atoms with Crippen LogP contribution in [-0.4, -0.2) is 96.8 Å². The van der Waals surface area contributed by atoms with Crippen molar-refractivity contribution in [1.29, 1.82) is 0 Å². The third-order valence-electron chi connectivity index (χ3n) is 1.55. The maximum atomic E-state index is 9.89. The number of likely N-dealkylation sites (N-methyl/N-ethyl adjacent to an activating group) is 3. The molecule has 12 nitrogen and oxygen atoms in total. The van der Waals surface area contributed by atoms with Gasteiger partial charge >= 0.3 is 13.8 Å². The smallest absolute Gasteiger partial charge is 0.475 e. The van der Waals surface area contributed by atoms with Gasteiger partial charge in [-0.25, -0.2) is 9.36 Å². The Morgan fingerprint density at radius 2 is 1.20 bits per heavy atom. The van der Waals surface area contributed by atoms with Gasteiger partial charge in [-0.15, -0.1) is 0 Å². The zero-order valence-corrected chi connectivity index (χ0v) is 15.7. The van der Waals surface area contributed by atoms with E-state index in [1.54, 1.807) is 21.1 Å². The van der Waals surface area contributed by atoms with Crippen LogP contribution in [0.1, 0.15) is 0 Å². The van der Waals surface area contributed by atoms with Gasteiger partial charge in [0.1, 0.15) is 0 Å². The molecule has 0 amide bonds. The second-order valence-electron chi connectivity index (χ2n) is 3.79. The Kier molecular flexibility index (Phi) is 31.9. The fourth-order valence-corrected chi connectivity index (χ4v) is 0.883. The van der Waals surface area contributed by atoms with E-state index in [2.05, 4.69) is 27.1 Å². The molecule has 0 saturated carbocycles. The van der Waals surface area contributed by atoms with E-state index in [-0.39, 0.29) is 19.8 Å². The standard InChI is InChI=1S/3C3H9NO.C3H5O6P/c3*1-4-2-3-5;1-2(3(4)5)9-10(6,7)8/h3*4-5H,2-3H2,1H3;1H2,(H,4,5)(H2,6,7,8). The highest BCUT2D eigenvalue weighted by molar-refractivity contribution is 7.46. The lowest BCUT2D eigenvalue weighted by atomic mass is 10.6. The van der Waals surface area contributed by atoms with Gasteiger partial charge in [0.25, 0.3) is 0 Å². The van der Waals surface area contributed by atoms with E-state index in [1.165, 1.54) is 0 Å². The van der Waals surface area contributed by atoms with Crippen LogP contribution in [0, 0.1) is 0 Å². The summed E-state index contributed by atoms with van der Waals surface area (Å²) in [5, 5.41) is 40.3. The molecule has 9 N–H and O–H groups in total. The lowest BCUT2D eigenvalue weighted by Crippen LogP contribution is -2.10. The largest absolute Gasteiger partial charge is 0.525 e. The summed E-state index contributed by atoms with van der Waals surface area (Å²) in [5.41, 5.74) is 0. The molecule has 0 heterocycles. The van der Waals surface area contributed by atoms with Gasteiger partial charge in [0.15, 0.2) is 0 Å². The first kappa shape index (κ1) is 31.7. The van der Waals surface area contributed by atoms with Crippen LogP contribution in [0.4, 0.5) is 0 Å². The first-order chi connectivity index (χ1) is 11.6. The molecule has 25 heavy (non-hydrogen) atoms. The highest BCUT2D eigenvalue weighted by atomic mass is 31.2. The van der Waals surface area contributed by atoms with E-state index in [0.29, 0.717) is 19.6 Å². The van der Waals surface area contributed by atoms with E-state index < -0.39 is 19.6 Å². The Bertz CT molecular complexity index is 320. The van der Waals surface area contributed by atoms with Crippen LogP contribution in [0.2, 0.25) is 0 Å². The quantitative estimate of drug-likeness (QED) is 0.112. The summed E-state index contributed by atoms with van der Waals surface area (Å²) >= 11 is 0. The van der Waals surface area contributed by atoms with Crippen LogP contribution >= 0.6 is 7.82 Å². The molecule has 0 aromatic rings. The fourth-order valence-electron chi connectivity index (χ4n) is 0.518. The molecular weight excluding hydrogens is 361 g/mol.